The number of likely N-dealkylation sites (N-methyl/N-ethyl adjacent to an activating group) is 1. The van der Waals surface area contributed by atoms with Gasteiger partial charge in [-0.1, -0.05) is 18.1 Å². The van der Waals surface area contributed by atoms with Crippen LogP contribution in [0.5, 0.6) is 11.5 Å². The first kappa shape index (κ1) is 23.0. The first-order valence-corrected chi connectivity index (χ1v) is 10.6. The molecule has 1 heterocycles. The Balaban J connectivity index is 2.11. The van der Waals surface area contributed by atoms with Crippen molar-refractivity contribution in [3.63, 3.8) is 0 Å². The fourth-order valence-corrected chi connectivity index (χ4v) is 3.35. The van der Waals surface area contributed by atoms with Crippen LogP contribution in [0.3, 0.4) is 0 Å². The molecule has 0 aliphatic carbocycles. The molecule has 1 fully saturated rings. The summed E-state index contributed by atoms with van der Waals surface area (Å²) in [5, 5.41) is 3.10. The Bertz CT molecular complexity index is 732. The molecule has 5 nitrogen and oxygen atoms in total. The van der Waals surface area contributed by atoms with Crippen LogP contribution in [0.4, 0.5) is 0 Å². The molecular formula is C24H36N2O3. The molecule has 5 heteroatoms. The van der Waals surface area contributed by atoms with Gasteiger partial charge in [0.1, 0.15) is 24.7 Å². The van der Waals surface area contributed by atoms with Gasteiger partial charge in [0.2, 0.25) is 0 Å². The highest BCUT2D eigenvalue weighted by Crippen LogP contribution is 2.25. The Kier molecular flexibility index (Phi) is 9.26. The predicted octanol–water partition coefficient (Wildman–Crippen LogP) is 4.59. The van der Waals surface area contributed by atoms with Crippen molar-refractivity contribution in [2.24, 2.45) is 0 Å². The van der Waals surface area contributed by atoms with Crippen molar-refractivity contribution in [2.75, 3.05) is 32.8 Å². The largest absolute Gasteiger partial charge is 0.490 e. The molecule has 0 saturated carbocycles. The van der Waals surface area contributed by atoms with E-state index in [1.807, 2.05) is 52.0 Å². The number of benzene rings is 1. The maximum Gasteiger partial charge on any atom is 0.255 e. The molecule has 1 N–H and O–H groups in total. The molecule has 1 atom stereocenters. The lowest BCUT2D eigenvalue weighted by molar-refractivity contribution is 0.0937. The number of rotatable bonds is 10. The summed E-state index contributed by atoms with van der Waals surface area (Å²) in [6.45, 7) is 14.0. The number of ether oxygens (including phenoxy) is 2. The van der Waals surface area contributed by atoms with Crippen LogP contribution in [0.15, 0.2) is 41.5 Å². The van der Waals surface area contributed by atoms with E-state index in [0.717, 1.165) is 19.5 Å². The topological polar surface area (TPSA) is 50.8 Å². The quantitative estimate of drug-likeness (QED) is 0.584. The monoisotopic (exact) mass is 400 g/mol. The first-order chi connectivity index (χ1) is 13.9. The second kappa shape index (κ2) is 11.7. The number of allylic oxidation sites excluding steroid dienone is 2. The van der Waals surface area contributed by atoms with Crippen LogP contribution in [0.25, 0.3) is 0 Å². The summed E-state index contributed by atoms with van der Waals surface area (Å²) in [7, 11) is 0. The number of hydrogen-bond acceptors (Lipinski definition) is 4. The van der Waals surface area contributed by atoms with Gasteiger partial charge in [-0.15, -0.1) is 0 Å². The maximum absolute atomic E-state index is 13.0. The highest BCUT2D eigenvalue weighted by molar-refractivity contribution is 5.97. The minimum absolute atomic E-state index is 0.118. The van der Waals surface area contributed by atoms with Crippen LogP contribution in [-0.4, -0.2) is 49.7 Å². The maximum atomic E-state index is 13.0. The Labute approximate surface area is 175 Å². The average molecular weight is 401 g/mol. The van der Waals surface area contributed by atoms with E-state index in [9.17, 15) is 4.79 Å². The van der Waals surface area contributed by atoms with Gasteiger partial charge in [0.15, 0.2) is 0 Å². The van der Waals surface area contributed by atoms with Crippen LogP contribution in [0, 0.1) is 0 Å². The molecule has 2 rings (SSSR count). The highest BCUT2D eigenvalue weighted by atomic mass is 16.5. The van der Waals surface area contributed by atoms with Crippen LogP contribution < -0.4 is 14.8 Å². The molecule has 0 spiro atoms. The van der Waals surface area contributed by atoms with Crippen molar-refractivity contribution in [3.8, 4) is 11.5 Å². The minimum atomic E-state index is -0.118. The molecule has 29 heavy (non-hydrogen) atoms. The summed E-state index contributed by atoms with van der Waals surface area (Å²) >= 11 is 0. The number of carbonyl (C=O) groups excluding carboxylic acids is 1. The molecule has 1 amide bonds. The van der Waals surface area contributed by atoms with Crippen LogP contribution in [0.2, 0.25) is 0 Å². The molecule has 1 aromatic rings. The van der Waals surface area contributed by atoms with Crippen LogP contribution in [-0.2, 0) is 0 Å². The van der Waals surface area contributed by atoms with Gasteiger partial charge in [0.25, 0.3) is 5.91 Å². The third-order valence-electron chi connectivity index (χ3n) is 5.07. The standard InChI is InChI=1S/C24H36N2O3/c1-6-26-13-7-8-20(26)17-25-24(27)22-16-21(28-14-11-18(2)3)9-10-23(22)29-15-12-19(4)5/h9-12,16,20H,6-8,13-15,17H2,1-5H3,(H,25,27). The van der Waals surface area contributed by atoms with Gasteiger partial charge in [-0.25, -0.2) is 0 Å². The lowest BCUT2D eigenvalue weighted by Gasteiger charge is -2.23. The van der Waals surface area contributed by atoms with Gasteiger partial charge in [-0.2, -0.15) is 0 Å². The summed E-state index contributed by atoms with van der Waals surface area (Å²) in [6.07, 6.45) is 6.33. The van der Waals surface area contributed by atoms with E-state index in [2.05, 4.69) is 17.1 Å². The zero-order valence-electron chi connectivity index (χ0n) is 18.6. The van der Waals surface area contributed by atoms with Gasteiger partial charge >= 0.3 is 0 Å². The number of nitrogens with zero attached hydrogens (tertiary/aromatic N) is 1. The molecule has 1 aliphatic heterocycles. The molecule has 0 aromatic heterocycles. The van der Waals surface area contributed by atoms with E-state index in [-0.39, 0.29) is 5.91 Å². The van der Waals surface area contributed by atoms with E-state index >= 15 is 0 Å². The Morgan fingerprint density at radius 3 is 2.48 bits per heavy atom. The second-order valence-corrected chi connectivity index (χ2v) is 7.98. The van der Waals surface area contributed by atoms with E-state index in [4.69, 9.17) is 9.47 Å². The van der Waals surface area contributed by atoms with Crippen molar-refractivity contribution in [1.29, 1.82) is 0 Å². The third kappa shape index (κ3) is 7.58. The molecule has 1 aromatic carbocycles. The predicted molar refractivity (Wildman–Crippen MR) is 119 cm³/mol. The van der Waals surface area contributed by atoms with E-state index < -0.39 is 0 Å². The molecular weight excluding hydrogens is 364 g/mol. The SMILES string of the molecule is CCN1CCCC1CNC(=O)c1cc(OCC=C(C)C)ccc1OCC=C(C)C. The second-order valence-electron chi connectivity index (χ2n) is 7.98. The minimum Gasteiger partial charge on any atom is -0.490 e. The first-order valence-electron chi connectivity index (χ1n) is 10.6. The van der Waals surface area contributed by atoms with E-state index in [1.54, 1.807) is 6.07 Å². The number of nitrogens with one attached hydrogen (secondary N) is 1. The summed E-state index contributed by atoms with van der Waals surface area (Å²) in [6, 6.07) is 5.86. The number of amides is 1. The fraction of sp³-hybridized carbons (Fsp3) is 0.542. The van der Waals surface area contributed by atoms with E-state index in [1.165, 1.54) is 17.6 Å². The van der Waals surface area contributed by atoms with Crippen molar-refractivity contribution in [3.05, 3.63) is 47.1 Å². The molecule has 1 unspecified atom stereocenters. The lowest BCUT2D eigenvalue weighted by Crippen LogP contribution is -2.40. The molecule has 160 valence electrons. The highest BCUT2D eigenvalue weighted by Gasteiger charge is 2.24. The average Bonchev–Trinajstić information content (AvgIpc) is 3.14. The van der Waals surface area contributed by atoms with Crippen molar-refractivity contribution in [1.82, 2.24) is 10.2 Å². The van der Waals surface area contributed by atoms with E-state index in [0.29, 0.717) is 42.9 Å². The van der Waals surface area contributed by atoms with Crippen molar-refractivity contribution < 1.29 is 14.3 Å². The third-order valence-corrected chi connectivity index (χ3v) is 5.07. The number of hydrogen-bond donors (Lipinski definition) is 1. The molecule has 0 radical (unpaired) electrons. The smallest absolute Gasteiger partial charge is 0.255 e. The zero-order chi connectivity index (χ0) is 21.2. The normalized spacial score (nSPS) is 16.2. The summed E-state index contributed by atoms with van der Waals surface area (Å²) in [5.41, 5.74) is 2.89. The lowest BCUT2D eigenvalue weighted by atomic mass is 10.1. The summed E-state index contributed by atoms with van der Waals surface area (Å²) in [5.74, 6) is 1.12. The Morgan fingerprint density at radius 2 is 1.83 bits per heavy atom. The Hall–Kier alpha value is -2.27. The Morgan fingerprint density at radius 1 is 1.14 bits per heavy atom. The van der Waals surface area contributed by atoms with Crippen LogP contribution >= 0.6 is 0 Å². The van der Waals surface area contributed by atoms with Gasteiger partial charge in [0.05, 0.1) is 5.56 Å². The van der Waals surface area contributed by atoms with Crippen LogP contribution in [0.1, 0.15) is 57.8 Å². The zero-order valence-corrected chi connectivity index (χ0v) is 18.6. The van der Waals surface area contributed by atoms with Gasteiger partial charge in [0, 0.05) is 12.6 Å². The molecule has 1 aliphatic rings. The summed E-state index contributed by atoms with van der Waals surface area (Å²) < 4.78 is 11.7. The van der Waals surface area contributed by atoms with Gasteiger partial charge in [-0.05, 0) is 84.0 Å². The van der Waals surface area contributed by atoms with Crippen molar-refractivity contribution >= 4 is 5.91 Å². The fourth-order valence-electron chi connectivity index (χ4n) is 3.35. The summed E-state index contributed by atoms with van der Waals surface area (Å²) in [4.78, 5) is 15.4. The van der Waals surface area contributed by atoms with Gasteiger partial charge in [-0.3, -0.25) is 9.69 Å². The number of carbonyl (C=O) groups is 1. The van der Waals surface area contributed by atoms with Crippen molar-refractivity contribution in [2.45, 2.75) is 53.5 Å². The van der Waals surface area contributed by atoms with Gasteiger partial charge < -0.3 is 14.8 Å². The molecule has 0 bridgehead atoms. The number of likely N-dealkylation sites (tertiary alicyclic amines) is 1. The molecule has 1 saturated heterocycles.